The van der Waals surface area contributed by atoms with Crippen LogP contribution in [-0.4, -0.2) is 22.0 Å². The highest BCUT2D eigenvalue weighted by Crippen LogP contribution is 2.18. The smallest absolute Gasteiger partial charge is 0.262 e. The third-order valence-corrected chi connectivity index (χ3v) is 2.58. The molecule has 0 spiro atoms. The van der Waals surface area contributed by atoms with Gasteiger partial charge in [-0.05, 0) is 33.3 Å². The number of nitrogens with zero attached hydrogens (tertiary/aromatic N) is 3. The fourth-order valence-electron chi connectivity index (χ4n) is 1.60. The molecule has 19 heavy (non-hydrogen) atoms. The van der Waals surface area contributed by atoms with E-state index in [-0.39, 0.29) is 17.0 Å². The van der Waals surface area contributed by atoms with Crippen LogP contribution >= 0.6 is 0 Å². The number of carbonyl (C=O) groups is 1. The van der Waals surface area contributed by atoms with Crippen molar-refractivity contribution in [3.05, 3.63) is 23.8 Å². The van der Waals surface area contributed by atoms with E-state index in [9.17, 15) is 4.79 Å². The highest BCUT2D eigenvalue weighted by Gasteiger charge is 2.17. The summed E-state index contributed by atoms with van der Waals surface area (Å²) >= 11 is 0. The van der Waals surface area contributed by atoms with E-state index in [1.807, 2.05) is 38.3 Å². The van der Waals surface area contributed by atoms with Gasteiger partial charge in [0.05, 0.1) is 18.2 Å². The Morgan fingerprint density at radius 2 is 2.26 bits per heavy atom. The Balaban J connectivity index is 3.03. The van der Waals surface area contributed by atoms with E-state index in [1.54, 1.807) is 18.6 Å². The number of carbonyl (C=O) groups excluding carboxylic acids is 1. The van der Waals surface area contributed by atoms with Crippen LogP contribution in [0.5, 0.6) is 0 Å². The molecule has 0 aliphatic rings. The van der Waals surface area contributed by atoms with Gasteiger partial charge in [0.15, 0.2) is 0 Å². The zero-order valence-corrected chi connectivity index (χ0v) is 11.9. The number of rotatable bonds is 4. The molecule has 0 radical (unpaired) electrons. The number of aromatic nitrogens is 2. The van der Waals surface area contributed by atoms with Crippen LogP contribution in [0.1, 0.15) is 39.8 Å². The second-order valence-corrected chi connectivity index (χ2v) is 5.29. The molecule has 0 unspecified atom stereocenters. The average Bonchev–Trinajstić information content (AvgIpc) is 2.80. The Bertz CT molecular complexity index is 514. The van der Waals surface area contributed by atoms with E-state index in [0.717, 1.165) is 12.1 Å². The molecule has 1 rings (SSSR count). The van der Waals surface area contributed by atoms with Gasteiger partial charge in [0.25, 0.3) is 5.91 Å². The van der Waals surface area contributed by atoms with Crippen LogP contribution in [0.25, 0.3) is 6.08 Å². The van der Waals surface area contributed by atoms with Gasteiger partial charge < -0.3 is 9.88 Å². The van der Waals surface area contributed by atoms with Gasteiger partial charge in [-0.1, -0.05) is 6.92 Å². The van der Waals surface area contributed by atoms with Gasteiger partial charge in [-0.3, -0.25) is 4.79 Å². The van der Waals surface area contributed by atoms with Gasteiger partial charge in [0.2, 0.25) is 0 Å². The molecule has 1 heterocycles. The largest absolute Gasteiger partial charge is 0.351 e. The summed E-state index contributed by atoms with van der Waals surface area (Å²) < 4.78 is 1.93. The highest BCUT2D eigenvalue weighted by atomic mass is 16.1. The minimum atomic E-state index is -0.342. The predicted octanol–water partition coefficient (Wildman–Crippen LogP) is 2.07. The third kappa shape index (κ3) is 3.95. The molecule has 0 aliphatic heterocycles. The quantitative estimate of drug-likeness (QED) is 0.665. The van der Waals surface area contributed by atoms with Crippen molar-refractivity contribution in [3.63, 3.8) is 0 Å². The van der Waals surface area contributed by atoms with Crippen molar-refractivity contribution in [1.82, 2.24) is 14.9 Å². The zero-order chi connectivity index (χ0) is 14.5. The fourth-order valence-corrected chi connectivity index (χ4v) is 1.60. The summed E-state index contributed by atoms with van der Waals surface area (Å²) in [6, 6.07) is 1.94. The molecule has 102 valence electrons. The summed E-state index contributed by atoms with van der Waals surface area (Å²) in [5.41, 5.74) is 0.693. The minimum Gasteiger partial charge on any atom is -0.351 e. The van der Waals surface area contributed by atoms with Gasteiger partial charge in [-0.25, -0.2) is 4.98 Å². The maximum absolute atomic E-state index is 11.8. The fraction of sp³-hybridized carbons (Fsp3) is 0.500. The average molecular weight is 260 g/mol. The summed E-state index contributed by atoms with van der Waals surface area (Å²) in [5, 5.41) is 11.8. The molecular formula is C14H20N4O. The Labute approximate surface area is 113 Å². The molecule has 1 N–H and O–H groups in total. The first kappa shape index (κ1) is 15.0. The zero-order valence-electron chi connectivity index (χ0n) is 11.9. The second kappa shape index (κ2) is 6.19. The number of hydrogen-bond donors (Lipinski definition) is 1. The molecule has 0 atom stereocenters. The molecule has 0 aromatic carbocycles. The summed E-state index contributed by atoms with van der Waals surface area (Å²) in [5.74, 6) is -0.342. The van der Waals surface area contributed by atoms with Crippen LogP contribution < -0.4 is 5.32 Å². The molecule has 0 aliphatic carbocycles. The summed E-state index contributed by atoms with van der Waals surface area (Å²) in [4.78, 5) is 15.9. The first-order valence-corrected chi connectivity index (χ1v) is 6.33. The van der Waals surface area contributed by atoms with Crippen molar-refractivity contribution >= 4 is 12.0 Å². The number of hydrogen-bond acceptors (Lipinski definition) is 3. The Morgan fingerprint density at radius 1 is 1.58 bits per heavy atom. The molecule has 0 saturated heterocycles. The predicted molar refractivity (Wildman–Crippen MR) is 74.1 cm³/mol. The molecule has 5 nitrogen and oxygen atoms in total. The lowest BCUT2D eigenvalue weighted by Crippen LogP contribution is -2.26. The Morgan fingerprint density at radius 3 is 2.79 bits per heavy atom. The summed E-state index contributed by atoms with van der Waals surface area (Å²) in [6.45, 7) is 8.64. The van der Waals surface area contributed by atoms with Crippen molar-refractivity contribution in [1.29, 1.82) is 5.26 Å². The summed E-state index contributed by atoms with van der Waals surface area (Å²) in [6.07, 6.45) is 5.76. The van der Waals surface area contributed by atoms with Crippen molar-refractivity contribution in [3.8, 4) is 6.07 Å². The van der Waals surface area contributed by atoms with Crippen molar-refractivity contribution in [2.24, 2.45) is 0 Å². The Hall–Kier alpha value is -2.09. The molecular weight excluding hydrogens is 240 g/mol. The van der Waals surface area contributed by atoms with E-state index < -0.39 is 0 Å². The van der Waals surface area contributed by atoms with E-state index in [2.05, 4.69) is 10.3 Å². The standard InChI is InChI=1S/C14H20N4O/c1-5-6-17-13(19)11(8-15)7-12-9-16-10-18(12)14(2,3)4/h7,9-10H,5-6H2,1-4H3,(H,17,19)/b11-7+. The molecule has 5 heteroatoms. The number of nitrogens with one attached hydrogen (secondary N) is 1. The molecule has 0 bridgehead atoms. The van der Waals surface area contributed by atoms with E-state index in [1.165, 1.54) is 0 Å². The van der Waals surface area contributed by atoms with Gasteiger partial charge >= 0.3 is 0 Å². The van der Waals surface area contributed by atoms with Crippen molar-refractivity contribution < 1.29 is 4.79 Å². The number of nitriles is 1. The molecule has 1 aromatic heterocycles. The number of amides is 1. The van der Waals surface area contributed by atoms with Crippen molar-refractivity contribution in [2.45, 2.75) is 39.7 Å². The maximum atomic E-state index is 11.8. The van der Waals surface area contributed by atoms with Gasteiger partial charge in [-0.2, -0.15) is 5.26 Å². The molecule has 1 aromatic rings. The monoisotopic (exact) mass is 260 g/mol. The summed E-state index contributed by atoms with van der Waals surface area (Å²) in [7, 11) is 0. The molecule has 0 fully saturated rings. The van der Waals surface area contributed by atoms with E-state index >= 15 is 0 Å². The lowest BCUT2D eigenvalue weighted by atomic mass is 10.1. The first-order chi connectivity index (χ1) is 8.90. The molecule has 0 saturated carbocycles. The van der Waals surface area contributed by atoms with E-state index in [4.69, 9.17) is 5.26 Å². The van der Waals surface area contributed by atoms with Crippen LogP contribution in [0.3, 0.4) is 0 Å². The molecule has 1 amide bonds. The normalized spacial score (nSPS) is 12.1. The highest BCUT2D eigenvalue weighted by molar-refractivity contribution is 6.01. The topological polar surface area (TPSA) is 70.7 Å². The SMILES string of the molecule is CCCNC(=O)/C(C#N)=C/c1cncn1C(C)(C)C. The van der Waals surface area contributed by atoms with Crippen LogP contribution in [0.2, 0.25) is 0 Å². The first-order valence-electron chi connectivity index (χ1n) is 6.33. The third-order valence-electron chi connectivity index (χ3n) is 2.58. The lowest BCUT2D eigenvalue weighted by molar-refractivity contribution is -0.117. The van der Waals surface area contributed by atoms with Crippen LogP contribution in [0.15, 0.2) is 18.1 Å². The Kier molecular flexibility index (Phi) is 4.87. The lowest BCUT2D eigenvalue weighted by Gasteiger charge is -2.22. The van der Waals surface area contributed by atoms with Gasteiger partial charge in [-0.15, -0.1) is 0 Å². The van der Waals surface area contributed by atoms with Crippen LogP contribution in [0, 0.1) is 11.3 Å². The van der Waals surface area contributed by atoms with Crippen molar-refractivity contribution in [2.75, 3.05) is 6.54 Å². The van der Waals surface area contributed by atoms with E-state index in [0.29, 0.717) is 6.54 Å². The van der Waals surface area contributed by atoms with Crippen LogP contribution in [0.4, 0.5) is 0 Å². The number of imidazole rings is 1. The minimum absolute atomic E-state index is 0.0967. The van der Waals surface area contributed by atoms with Gasteiger partial charge in [0.1, 0.15) is 11.6 Å². The second-order valence-electron chi connectivity index (χ2n) is 5.29. The van der Waals surface area contributed by atoms with Crippen LogP contribution in [-0.2, 0) is 10.3 Å². The van der Waals surface area contributed by atoms with Gasteiger partial charge in [0, 0.05) is 12.1 Å². The maximum Gasteiger partial charge on any atom is 0.262 e.